The van der Waals surface area contributed by atoms with Crippen molar-refractivity contribution in [2.45, 2.75) is 6.42 Å². The molecule has 0 atom stereocenters. The van der Waals surface area contributed by atoms with Crippen LogP contribution in [0.4, 0.5) is 8.78 Å². The second-order valence-corrected chi connectivity index (χ2v) is 3.69. The summed E-state index contributed by atoms with van der Waals surface area (Å²) in [6.45, 7) is 0. The van der Waals surface area contributed by atoms with Crippen molar-refractivity contribution in [3.05, 3.63) is 58.0 Å². The molecule has 1 aromatic carbocycles. The number of benzene rings is 1. The summed E-state index contributed by atoms with van der Waals surface area (Å²) in [5.41, 5.74) is -0.0901. The second-order valence-electron chi connectivity index (χ2n) is 3.69. The van der Waals surface area contributed by atoms with Gasteiger partial charge in [-0.05, 0) is 17.7 Å². The summed E-state index contributed by atoms with van der Waals surface area (Å²) < 4.78 is 26.7. The van der Waals surface area contributed by atoms with Crippen LogP contribution >= 0.6 is 0 Å². The van der Waals surface area contributed by atoms with Crippen molar-refractivity contribution in [2.75, 3.05) is 0 Å². The van der Waals surface area contributed by atoms with Gasteiger partial charge in [-0.15, -0.1) is 0 Å². The van der Waals surface area contributed by atoms with E-state index in [1.807, 2.05) is 6.07 Å². The van der Waals surface area contributed by atoms with Crippen LogP contribution in [0.1, 0.15) is 5.56 Å². The van der Waals surface area contributed by atoms with Crippen molar-refractivity contribution in [1.82, 2.24) is 4.98 Å². The number of hydrogen-bond donors (Lipinski definition) is 1. The minimum absolute atomic E-state index is 0.0137. The number of nitrogens with zero attached hydrogens (tertiary/aromatic N) is 1. The highest BCUT2D eigenvalue weighted by atomic mass is 19.2. The lowest BCUT2D eigenvalue weighted by Crippen LogP contribution is -2.10. The zero-order valence-corrected chi connectivity index (χ0v) is 9.21. The van der Waals surface area contributed by atoms with E-state index in [9.17, 15) is 13.6 Å². The third-order valence-electron chi connectivity index (χ3n) is 2.49. The Kier molecular flexibility index (Phi) is 3.20. The van der Waals surface area contributed by atoms with E-state index in [4.69, 9.17) is 5.26 Å². The maximum absolute atomic E-state index is 13.6. The average Bonchev–Trinajstić information content (AvgIpc) is 2.36. The number of pyridine rings is 1. The molecule has 0 aliphatic carbocycles. The number of H-pyrrole nitrogens is 1. The van der Waals surface area contributed by atoms with Crippen LogP contribution in [0.15, 0.2) is 35.3 Å². The number of hydrogen-bond acceptors (Lipinski definition) is 2. The van der Waals surface area contributed by atoms with Crippen LogP contribution < -0.4 is 5.56 Å². The van der Waals surface area contributed by atoms with E-state index in [-0.39, 0.29) is 17.5 Å². The van der Waals surface area contributed by atoms with Gasteiger partial charge < -0.3 is 4.98 Å². The molecule has 2 aromatic rings. The van der Waals surface area contributed by atoms with Crippen molar-refractivity contribution in [1.29, 1.82) is 5.26 Å². The molecule has 0 saturated heterocycles. The molecule has 0 bridgehead atoms. The number of nitriles is 1. The lowest BCUT2D eigenvalue weighted by Gasteiger charge is -2.04. The minimum atomic E-state index is -1.07. The number of halogens is 2. The molecule has 0 spiro atoms. The Bertz CT molecular complexity index is 686. The second kappa shape index (κ2) is 4.80. The fourth-order valence-electron chi connectivity index (χ4n) is 1.63. The lowest BCUT2D eigenvalue weighted by molar-refractivity contribution is 0.511. The van der Waals surface area contributed by atoms with E-state index in [1.165, 1.54) is 24.4 Å². The first kappa shape index (κ1) is 12.0. The van der Waals surface area contributed by atoms with Gasteiger partial charge >= 0.3 is 0 Å². The minimum Gasteiger partial charge on any atom is -0.328 e. The van der Waals surface area contributed by atoms with Gasteiger partial charge in [0.15, 0.2) is 11.6 Å². The predicted molar refractivity (Wildman–Crippen MR) is 61.7 cm³/mol. The van der Waals surface area contributed by atoms with Gasteiger partial charge in [0.25, 0.3) is 5.56 Å². The molecule has 5 heteroatoms. The summed E-state index contributed by atoms with van der Waals surface area (Å²) in [5, 5.41) is 8.57. The van der Waals surface area contributed by atoms with E-state index in [0.29, 0.717) is 5.56 Å². The smallest absolute Gasteiger partial charge is 0.255 e. The molecule has 90 valence electrons. The largest absolute Gasteiger partial charge is 0.328 e. The summed E-state index contributed by atoms with van der Waals surface area (Å²) in [7, 11) is 0. The van der Waals surface area contributed by atoms with Gasteiger partial charge in [0.05, 0.1) is 18.1 Å². The number of aromatic nitrogens is 1. The van der Waals surface area contributed by atoms with Crippen molar-refractivity contribution in [3.8, 4) is 17.2 Å². The molecule has 0 radical (unpaired) electrons. The molecule has 3 nitrogen and oxygen atoms in total. The molecule has 0 unspecified atom stereocenters. The normalized spacial score (nSPS) is 10.1. The van der Waals surface area contributed by atoms with Gasteiger partial charge in [0.2, 0.25) is 0 Å². The van der Waals surface area contributed by atoms with Crippen LogP contribution in [0.2, 0.25) is 0 Å². The predicted octanol–water partition coefficient (Wildman–Crippen LogP) is 2.39. The van der Waals surface area contributed by atoms with Gasteiger partial charge in [0, 0.05) is 11.8 Å². The average molecular weight is 246 g/mol. The zero-order chi connectivity index (χ0) is 13.1. The molecule has 1 heterocycles. The fourth-order valence-corrected chi connectivity index (χ4v) is 1.63. The molecule has 0 aliphatic rings. The van der Waals surface area contributed by atoms with Gasteiger partial charge in [0.1, 0.15) is 0 Å². The van der Waals surface area contributed by atoms with Crippen LogP contribution in [-0.4, -0.2) is 4.98 Å². The highest BCUT2D eigenvalue weighted by Gasteiger charge is 2.13. The Labute approximate surface area is 101 Å². The number of nitrogens with one attached hydrogen (secondary N) is 1. The summed E-state index contributed by atoms with van der Waals surface area (Å²) >= 11 is 0. The Balaban J connectivity index is 2.64. The highest BCUT2D eigenvalue weighted by molar-refractivity contribution is 5.63. The third-order valence-corrected chi connectivity index (χ3v) is 2.49. The van der Waals surface area contributed by atoms with E-state index < -0.39 is 17.2 Å². The number of aromatic amines is 1. The number of rotatable bonds is 2. The Morgan fingerprint density at radius 2 is 2.06 bits per heavy atom. The summed E-state index contributed by atoms with van der Waals surface area (Å²) in [6.07, 6.45) is 1.47. The van der Waals surface area contributed by atoms with E-state index in [0.717, 1.165) is 6.07 Å². The summed E-state index contributed by atoms with van der Waals surface area (Å²) in [5.74, 6) is -2.09. The first-order valence-electron chi connectivity index (χ1n) is 5.16. The van der Waals surface area contributed by atoms with Crippen molar-refractivity contribution in [3.63, 3.8) is 0 Å². The molecular formula is C13H8F2N2O. The van der Waals surface area contributed by atoms with Crippen molar-refractivity contribution >= 4 is 0 Å². The van der Waals surface area contributed by atoms with Crippen LogP contribution in [0.5, 0.6) is 0 Å². The Hall–Kier alpha value is -2.48. The summed E-state index contributed by atoms with van der Waals surface area (Å²) in [4.78, 5) is 14.0. The van der Waals surface area contributed by atoms with E-state index in [2.05, 4.69) is 4.98 Å². The highest BCUT2D eigenvalue weighted by Crippen LogP contribution is 2.22. The van der Waals surface area contributed by atoms with Crippen molar-refractivity contribution < 1.29 is 8.78 Å². The molecule has 0 saturated carbocycles. The van der Waals surface area contributed by atoms with E-state index >= 15 is 0 Å². The van der Waals surface area contributed by atoms with Gasteiger partial charge in [-0.1, -0.05) is 12.1 Å². The van der Waals surface area contributed by atoms with Crippen molar-refractivity contribution in [2.24, 2.45) is 0 Å². The van der Waals surface area contributed by atoms with Gasteiger partial charge in [-0.25, -0.2) is 8.78 Å². The molecule has 18 heavy (non-hydrogen) atoms. The lowest BCUT2D eigenvalue weighted by atomic mass is 10.0. The quantitative estimate of drug-likeness (QED) is 0.884. The van der Waals surface area contributed by atoms with Crippen LogP contribution in [-0.2, 0) is 6.42 Å². The van der Waals surface area contributed by atoms with E-state index in [1.54, 1.807) is 0 Å². The van der Waals surface area contributed by atoms with Crippen LogP contribution in [0.3, 0.4) is 0 Å². The fraction of sp³-hybridized carbons (Fsp3) is 0.0769. The maximum Gasteiger partial charge on any atom is 0.255 e. The standard InChI is InChI=1S/C13H8F2N2O/c14-11-3-1-2-9(12(11)15)10-6-8(4-5-16)7-17-13(10)18/h1-3,6-7H,4H2,(H,17,18). The Morgan fingerprint density at radius 1 is 1.28 bits per heavy atom. The molecule has 2 rings (SSSR count). The topological polar surface area (TPSA) is 56.6 Å². The monoisotopic (exact) mass is 246 g/mol. The first-order valence-corrected chi connectivity index (χ1v) is 5.16. The first-order chi connectivity index (χ1) is 8.63. The SMILES string of the molecule is N#CCc1c[nH]c(=O)c(-c2cccc(F)c2F)c1. The molecule has 1 aromatic heterocycles. The van der Waals surface area contributed by atoms with Crippen LogP contribution in [0, 0.1) is 23.0 Å². The van der Waals surface area contributed by atoms with Gasteiger partial charge in [-0.3, -0.25) is 4.79 Å². The zero-order valence-electron chi connectivity index (χ0n) is 9.21. The molecule has 1 N–H and O–H groups in total. The maximum atomic E-state index is 13.6. The van der Waals surface area contributed by atoms with Crippen LogP contribution in [0.25, 0.3) is 11.1 Å². The molecule has 0 aliphatic heterocycles. The molecular weight excluding hydrogens is 238 g/mol. The molecule has 0 fully saturated rings. The Morgan fingerprint density at radius 3 is 2.78 bits per heavy atom. The molecule has 0 amide bonds. The summed E-state index contributed by atoms with van der Waals surface area (Å²) in [6, 6.07) is 6.93. The van der Waals surface area contributed by atoms with Gasteiger partial charge in [-0.2, -0.15) is 5.26 Å². The third kappa shape index (κ3) is 2.13.